The van der Waals surface area contributed by atoms with E-state index in [0.717, 1.165) is 18.8 Å². The van der Waals surface area contributed by atoms with Gasteiger partial charge in [0.2, 0.25) is 0 Å². The summed E-state index contributed by atoms with van der Waals surface area (Å²) in [7, 11) is 3.09. The number of ether oxygens (including phenoxy) is 2. The van der Waals surface area contributed by atoms with Crippen molar-refractivity contribution in [2.75, 3.05) is 14.2 Å². The molecule has 1 aliphatic rings. The zero-order valence-electron chi connectivity index (χ0n) is 14.2. The molecule has 0 aliphatic heterocycles. The van der Waals surface area contributed by atoms with Crippen LogP contribution in [0.2, 0.25) is 0 Å². The van der Waals surface area contributed by atoms with Gasteiger partial charge in [0.1, 0.15) is 5.75 Å². The number of methoxy groups -OCH3 is 2. The molecule has 0 saturated heterocycles. The number of carbonyl (C=O) groups excluding carboxylic acids is 1. The highest BCUT2D eigenvalue weighted by Gasteiger charge is 2.28. The summed E-state index contributed by atoms with van der Waals surface area (Å²) in [5, 5.41) is 0. The SMILES string of the molecule is COC(=O)c1ccc(CN(Cc2ccc(OC)cc2)C2CC2)cc1. The topological polar surface area (TPSA) is 38.8 Å². The van der Waals surface area contributed by atoms with Crippen molar-refractivity contribution in [3.63, 3.8) is 0 Å². The first kappa shape index (κ1) is 16.5. The largest absolute Gasteiger partial charge is 0.497 e. The summed E-state index contributed by atoms with van der Waals surface area (Å²) in [6.45, 7) is 1.81. The minimum atomic E-state index is -0.293. The van der Waals surface area contributed by atoms with Crippen LogP contribution in [0, 0.1) is 0 Å². The number of rotatable bonds is 7. The number of carbonyl (C=O) groups is 1. The second kappa shape index (κ2) is 7.49. The molecule has 126 valence electrons. The third-order valence-electron chi connectivity index (χ3n) is 4.37. The van der Waals surface area contributed by atoms with E-state index < -0.39 is 0 Å². The van der Waals surface area contributed by atoms with Gasteiger partial charge in [0.15, 0.2) is 0 Å². The van der Waals surface area contributed by atoms with Crippen molar-refractivity contribution in [1.82, 2.24) is 4.90 Å². The van der Waals surface area contributed by atoms with Crippen molar-refractivity contribution in [3.05, 3.63) is 65.2 Å². The van der Waals surface area contributed by atoms with Crippen molar-refractivity contribution < 1.29 is 14.3 Å². The van der Waals surface area contributed by atoms with Gasteiger partial charge in [-0.3, -0.25) is 4.90 Å². The van der Waals surface area contributed by atoms with Gasteiger partial charge < -0.3 is 9.47 Å². The van der Waals surface area contributed by atoms with E-state index in [1.54, 1.807) is 7.11 Å². The maximum Gasteiger partial charge on any atom is 0.337 e. The Hall–Kier alpha value is -2.33. The van der Waals surface area contributed by atoms with Crippen LogP contribution in [-0.2, 0) is 17.8 Å². The summed E-state index contributed by atoms with van der Waals surface area (Å²) in [6, 6.07) is 16.6. The molecule has 1 saturated carbocycles. The van der Waals surface area contributed by atoms with Crippen molar-refractivity contribution in [2.45, 2.75) is 32.0 Å². The average molecular weight is 325 g/mol. The molecule has 0 spiro atoms. The van der Waals surface area contributed by atoms with Crippen LogP contribution in [0.4, 0.5) is 0 Å². The Morgan fingerprint density at radius 3 is 1.96 bits per heavy atom. The molecule has 1 aliphatic carbocycles. The summed E-state index contributed by atoms with van der Waals surface area (Å²) in [5.41, 5.74) is 3.09. The first-order valence-electron chi connectivity index (χ1n) is 8.24. The summed E-state index contributed by atoms with van der Waals surface area (Å²) in [5.74, 6) is 0.592. The van der Waals surface area contributed by atoms with Crippen LogP contribution in [0.15, 0.2) is 48.5 Å². The zero-order chi connectivity index (χ0) is 16.9. The van der Waals surface area contributed by atoms with Crippen LogP contribution >= 0.6 is 0 Å². The lowest BCUT2D eigenvalue weighted by Crippen LogP contribution is -2.25. The van der Waals surface area contributed by atoms with Gasteiger partial charge in [0, 0.05) is 19.1 Å². The van der Waals surface area contributed by atoms with E-state index in [0.29, 0.717) is 11.6 Å². The van der Waals surface area contributed by atoms with Crippen LogP contribution in [0.3, 0.4) is 0 Å². The molecule has 0 radical (unpaired) electrons. The first-order valence-corrected chi connectivity index (χ1v) is 8.24. The third-order valence-corrected chi connectivity index (χ3v) is 4.37. The smallest absolute Gasteiger partial charge is 0.337 e. The third kappa shape index (κ3) is 4.15. The second-order valence-corrected chi connectivity index (χ2v) is 6.17. The lowest BCUT2D eigenvalue weighted by molar-refractivity contribution is 0.0600. The number of nitrogens with zero attached hydrogens (tertiary/aromatic N) is 1. The molecule has 0 aromatic heterocycles. The van der Waals surface area contributed by atoms with Crippen LogP contribution in [0.5, 0.6) is 5.75 Å². The fourth-order valence-electron chi connectivity index (χ4n) is 2.82. The van der Waals surface area contributed by atoms with Crippen molar-refractivity contribution in [3.8, 4) is 5.75 Å². The molecule has 0 unspecified atom stereocenters. The maximum absolute atomic E-state index is 11.5. The number of hydrogen-bond acceptors (Lipinski definition) is 4. The molecule has 0 amide bonds. The molecular formula is C20H23NO3. The Morgan fingerprint density at radius 1 is 0.958 bits per heavy atom. The van der Waals surface area contributed by atoms with E-state index in [-0.39, 0.29) is 5.97 Å². The Morgan fingerprint density at radius 2 is 1.50 bits per heavy atom. The fraction of sp³-hybridized carbons (Fsp3) is 0.350. The van der Waals surface area contributed by atoms with E-state index >= 15 is 0 Å². The monoisotopic (exact) mass is 325 g/mol. The molecule has 0 atom stereocenters. The first-order chi connectivity index (χ1) is 11.7. The summed E-state index contributed by atoms with van der Waals surface area (Å²) in [4.78, 5) is 14.0. The van der Waals surface area contributed by atoms with E-state index in [1.165, 1.54) is 31.1 Å². The van der Waals surface area contributed by atoms with E-state index in [4.69, 9.17) is 9.47 Å². The van der Waals surface area contributed by atoms with Crippen molar-refractivity contribution >= 4 is 5.97 Å². The van der Waals surface area contributed by atoms with Crippen molar-refractivity contribution in [2.24, 2.45) is 0 Å². The summed E-state index contributed by atoms with van der Waals surface area (Å²) in [6.07, 6.45) is 2.52. The normalized spacial score (nSPS) is 13.8. The predicted molar refractivity (Wildman–Crippen MR) is 93.0 cm³/mol. The van der Waals surface area contributed by atoms with Crippen LogP contribution < -0.4 is 4.74 Å². The molecule has 2 aromatic carbocycles. The van der Waals surface area contributed by atoms with Gasteiger partial charge in [-0.25, -0.2) is 4.79 Å². The van der Waals surface area contributed by atoms with E-state index in [2.05, 4.69) is 17.0 Å². The van der Waals surface area contributed by atoms with Gasteiger partial charge in [-0.1, -0.05) is 24.3 Å². The highest BCUT2D eigenvalue weighted by Crippen LogP contribution is 2.30. The number of benzene rings is 2. The molecule has 4 nitrogen and oxygen atoms in total. The molecule has 3 rings (SSSR count). The maximum atomic E-state index is 11.5. The van der Waals surface area contributed by atoms with E-state index in [1.807, 2.05) is 36.4 Å². The molecule has 1 fully saturated rings. The predicted octanol–water partition coefficient (Wildman–Crippen LogP) is 3.65. The Kier molecular flexibility index (Phi) is 5.16. The standard InChI is InChI=1S/C20H23NO3/c1-23-19-11-5-16(6-12-19)14-21(18-9-10-18)13-15-3-7-17(8-4-15)20(22)24-2/h3-8,11-12,18H,9-10,13-14H2,1-2H3. The number of esters is 1. The number of hydrogen-bond donors (Lipinski definition) is 0. The minimum Gasteiger partial charge on any atom is -0.497 e. The molecule has 0 N–H and O–H groups in total. The molecule has 4 heteroatoms. The second-order valence-electron chi connectivity index (χ2n) is 6.17. The highest BCUT2D eigenvalue weighted by atomic mass is 16.5. The Bertz CT molecular complexity index is 675. The van der Waals surface area contributed by atoms with Gasteiger partial charge in [0.05, 0.1) is 19.8 Å². The average Bonchev–Trinajstić information content (AvgIpc) is 3.47. The van der Waals surface area contributed by atoms with Crippen LogP contribution in [-0.4, -0.2) is 31.1 Å². The van der Waals surface area contributed by atoms with Crippen molar-refractivity contribution in [1.29, 1.82) is 0 Å². The lowest BCUT2D eigenvalue weighted by atomic mass is 10.1. The fourth-order valence-corrected chi connectivity index (χ4v) is 2.82. The van der Waals surface area contributed by atoms with Crippen LogP contribution in [0.1, 0.15) is 34.3 Å². The lowest BCUT2D eigenvalue weighted by Gasteiger charge is -2.22. The molecule has 2 aromatic rings. The van der Waals surface area contributed by atoms with Gasteiger partial charge >= 0.3 is 5.97 Å². The molecule has 24 heavy (non-hydrogen) atoms. The van der Waals surface area contributed by atoms with Gasteiger partial charge in [-0.05, 0) is 48.2 Å². The highest BCUT2D eigenvalue weighted by molar-refractivity contribution is 5.89. The zero-order valence-corrected chi connectivity index (χ0v) is 14.2. The van der Waals surface area contributed by atoms with Gasteiger partial charge in [-0.2, -0.15) is 0 Å². The quantitative estimate of drug-likeness (QED) is 0.729. The Balaban J connectivity index is 1.66. The molecule has 0 bridgehead atoms. The molecule has 0 heterocycles. The summed E-state index contributed by atoms with van der Waals surface area (Å²) >= 11 is 0. The van der Waals surface area contributed by atoms with Gasteiger partial charge in [-0.15, -0.1) is 0 Å². The van der Waals surface area contributed by atoms with Crippen LogP contribution in [0.25, 0.3) is 0 Å². The Labute approximate surface area is 143 Å². The minimum absolute atomic E-state index is 0.293. The van der Waals surface area contributed by atoms with Gasteiger partial charge in [0.25, 0.3) is 0 Å². The molecular weight excluding hydrogens is 302 g/mol. The summed E-state index contributed by atoms with van der Waals surface area (Å²) < 4.78 is 9.96. The van der Waals surface area contributed by atoms with E-state index in [9.17, 15) is 4.79 Å².